The maximum atomic E-state index is 12.0. The normalized spacial score (nSPS) is 17.1. The fraction of sp³-hybridized carbons (Fsp3) is 0.318. The van der Waals surface area contributed by atoms with Gasteiger partial charge in [0.05, 0.1) is 14.2 Å². The molecule has 2 heterocycles. The molecular formula is C22H23NO5. The van der Waals surface area contributed by atoms with E-state index in [4.69, 9.17) is 13.9 Å². The number of aromatic hydroxyl groups is 1. The molecule has 1 atom stereocenters. The van der Waals surface area contributed by atoms with Gasteiger partial charge >= 0.3 is 5.63 Å². The number of phenolic OH excluding ortho intramolecular Hbond substituents is 1. The van der Waals surface area contributed by atoms with E-state index < -0.39 is 5.63 Å². The summed E-state index contributed by atoms with van der Waals surface area (Å²) in [5, 5.41) is 10.5. The molecule has 1 aromatic heterocycles. The minimum absolute atomic E-state index is 0.0785. The molecule has 0 amide bonds. The fourth-order valence-electron chi connectivity index (χ4n) is 4.03. The minimum Gasteiger partial charge on any atom is -0.508 e. The summed E-state index contributed by atoms with van der Waals surface area (Å²) in [5.41, 5.74) is 2.00. The van der Waals surface area contributed by atoms with Crippen LogP contribution in [0.15, 0.2) is 51.7 Å². The largest absolute Gasteiger partial charge is 0.508 e. The number of likely N-dealkylation sites (tertiary alicyclic amines) is 1. The van der Waals surface area contributed by atoms with Gasteiger partial charge in [0.2, 0.25) is 0 Å². The SMILES string of the molecule is COc1ccc([C@H]2CCCN2Cc2cc(=O)oc3cc(O)ccc23)c(OC)c1. The van der Waals surface area contributed by atoms with E-state index in [0.29, 0.717) is 12.1 Å². The molecule has 146 valence electrons. The van der Waals surface area contributed by atoms with Crippen LogP contribution >= 0.6 is 0 Å². The highest BCUT2D eigenvalue weighted by molar-refractivity contribution is 5.81. The summed E-state index contributed by atoms with van der Waals surface area (Å²) in [6.07, 6.45) is 2.09. The van der Waals surface area contributed by atoms with Crippen molar-refractivity contribution in [3.63, 3.8) is 0 Å². The number of hydrogen-bond donors (Lipinski definition) is 1. The predicted molar refractivity (Wildman–Crippen MR) is 106 cm³/mol. The molecule has 4 rings (SSSR count). The Morgan fingerprint density at radius 1 is 1.14 bits per heavy atom. The molecule has 0 radical (unpaired) electrons. The van der Waals surface area contributed by atoms with Crippen molar-refractivity contribution in [2.24, 2.45) is 0 Å². The molecule has 3 aromatic rings. The van der Waals surface area contributed by atoms with E-state index in [0.717, 1.165) is 47.4 Å². The second kappa shape index (κ2) is 7.56. The molecule has 1 saturated heterocycles. The van der Waals surface area contributed by atoms with Gasteiger partial charge < -0.3 is 19.0 Å². The summed E-state index contributed by atoms with van der Waals surface area (Å²) in [6, 6.07) is 12.5. The quantitative estimate of drug-likeness (QED) is 0.677. The van der Waals surface area contributed by atoms with Gasteiger partial charge in [-0.2, -0.15) is 0 Å². The van der Waals surface area contributed by atoms with Crippen LogP contribution < -0.4 is 15.1 Å². The van der Waals surface area contributed by atoms with Crippen LogP contribution in [-0.2, 0) is 6.54 Å². The van der Waals surface area contributed by atoms with Crippen LogP contribution in [0.25, 0.3) is 11.0 Å². The van der Waals surface area contributed by atoms with Gasteiger partial charge in [-0.25, -0.2) is 4.79 Å². The number of phenols is 1. The van der Waals surface area contributed by atoms with E-state index in [1.807, 2.05) is 12.1 Å². The maximum absolute atomic E-state index is 12.0. The third-order valence-corrected chi connectivity index (χ3v) is 5.35. The van der Waals surface area contributed by atoms with Crippen molar-refractivity contribution in [2.45, 2.75) is 25.4 Å². The molecule has 1 fully saturated rings. The maximum Gasteiger partial charge on any atom is 0.336 e. The van der Waals surface area contributed by atoms with Gasteiger partial charge in [-0.05, 0) is 43.1 Å². The molecule has 1 aliphatic heterocycles. The standard InChI is InChI=1S/C22H23NO5/c1-26-16-6-8-18(20(12-16)27-2)19-4-3-9-23(19)13-14-10-22(25)28-21-11-15(24)5-7-17(14)21/h5-8,10-12,19,24H,3-4,9,13H2,1-2H3/t19-/m1/s1. The van der Waals surface area contributed by atoms with Crippen molar-refractivity contribution < 1.29 is 19.0 Å². The highest BCUT2D eigenvalue weighted by Crippen LogP contribution is 2.39. The average molecular weight is 381 g/mol. The Morgan fingerprint density at radius 3 is 2.79 bits per heavy atom. The zero-order valence-corrected chi connectivity index (χ0v) is 16.0. The van der Waals surface area contributed by atoms with Gasteiger partial charge in [-0.1, -0.05) is 6.07 Å². The Labute approximate surface area is 162 Å². The molecule has 0 unspecified atom stereocenters. The molecule has 6 nitrogen and oxygen atoms in total. The Kier molecular flexibility index (Phi) is 4.96. The van der Waals surface area contributed by atoms with E-state index in [1.165, 1.54) is 6.07 Å². The topological polar surface area (TPSA) is 72.1 Å². The van der Waals surface area contributed by atoms with E-state index in [-0.39, 0.29) is 11.8 Å². The van der Waals surface area contributed by atoms with Crippen LogP contribution in [0, 0.1) is 0 Å². The molecule has 0 saturated carbocycles. The summed E-state index contributed by atoms with van der Waals surface area (Å²) >= 11 is 0. The van der Waals surface area contributed by atoms with Crippen LogP contribution in [0.5, 0.6) is 17.2 Å². The number of nitrogens with zero attached hydrogens (tertiary/aromatic N) is 1. The summed E-state index contributed by atoms with van der Waals surface area (Å²) in [4.78, 5) is 14.4. The highest BCUT2D eigenvalue weighted by Gasteiger charge is 2.29. The third kappa shape index (κ3) is 3.43. The number of rotatable bonds is 5. The van der Waals surface area contributed by atoms with Crippen molar-refractivity contribution in [1.29, 1.82) is 0 Å². The van der Waals surface area contributed by atoms with Crippen LogP contribution in [-0.4, -0.2) is 30.8 Å². The molecule has 0 aliphatic carbocycles. The molecule has 28 heavy (non-hydrogen) atoms. The Morgan fingerprint density at radius 2 is 2.00 bits per heavy atom. The molecule has 6 heteroatoms. The summed E-state index contributed by atoms with van der Waals surface area (Å²) < 4.78 is 16.2. The first-order valence-electron chi connectivity index (χ1n) is 9.31. The lowest BCUT2D eigenvalue weighted by Crippen LogP contribution is -2.24. The monoisotopic (exact) mass is 381 g/mol. The molecule has 0 bridgehead atoms. The Balaban J connectivity index is 1.69. The van der Waals surface area contributed by atoms with Crippen molar-refractivity contribution in [3.8, 4) is 17.2 Å². The first-order valence-corrected chi connectivity index (χ1v) is 9.31. The zero-order chi connectivity index (χ0) is 19.7. The lowest BCUT2D eigenvalue weighted by molar-refractivity contribution is 0.243. The molecule has 1 N–H and O–H groups in total. The molecule has 1 aliphatic rings. The number of ether oxygens (including phenoxy) is 2. The minimum atomic E-state index is -0.411. The first-order chi connectivity index (χ1) is 13.6. The number of hydrogen-bond acceptors (Lipinski definition) is 6. The Bertz CT molecular complexity index is 1060. The first kappa shape index (κ1) is 18.4. The van der Waals surface area contributed by atoms with Crippen LogP contribution in [0.1, 0.15) is 30.0 Å². The molecule has 2 aromatic carbocycles. The van der Waals surface area contributed by atoms with Crippen molar-refractivity contribution >= 4 is 11.0 Å². The van der Waals surface area contributed by atoms with Gasteiger partial charge in [-0.3, -0.25) is 4.90 Å². The van der Waals surface area contributed by atoms with E-state index in [2.05, 4.69) is 11.0 Å². The molecular weight excluding hydrogens is 358 g/mol. The lowest BCUT2D eigenvalue weighted by atomic mass is 10.0. The van der Waals surface area contributed by atoms with Crippen molar-refractivity contribution in [1.82, 2.24) is 4.90 Å². The second-order valence-electron chi connectivity index (χ2n) is 7.01. The third-order valence-electron chi connectivity index (χ3n) is 5.35. The van der Waals surface area contributed by atoms with Crippen molar-refractivity contribution in [3.05, 3.63) is 64.0 Å². The summed E-state index contributed by atoms with van der Waals surface area (Å²) in [7, 11) is 3.31. The van der Waals surface area contributed by atoms with Gasteiger partial charge in [0.25, 0.3) is 0 Å². The van der Waals surface area contributed by atoms with Crippen LogP contribution in [0.3, 0.4) is 0 Å². The van der Waals surface area contributed by atoms with Gasteiger partial charge in [0.1, 0.15) is 22.8 Å². The van der Waals surface area contributed by atoms with Gasteiger partial charge in [0, 0.05) is 41.7 Å². The van der Waals surface area contributed by atoms with Crippen LogP contribution in [0.2, 0.25) is 0 Å². The fourth-order valence-corrected chi connectivity index (χ4v) is 4.03. The van der Waals surface area contributed by atoms with E-state index in [9.17, 15) is 9.90 Å². The number of methoxy groups -OCH3 is 2. The van der Waals surface area contributed by atoms with Crippen LogP contribution in [0.4, 0.5) is 0 Å². The second-order valence-corrected chi connectivity index (χ2v) is 7.01. The number of benzene rings is 2. The average Bonchev–Trinajstić information content (AvgIpc) is 3.14. The summed E-state index contributed by atoms with van der Waals surface area (Å²) in [6.45, 7) is 1.55. The zero-order valence-electron chi connectivity index (χ0n) is 16.0. The van der Waals surface area contributed by atoms with Crippen molar-refractivity contribution in [2.75, 3.05) is 20.8 Å². The highest BCUT2D eigenvalue weighted by atomic mass is 16.5. The number of fused-ring (bicyclic) bond motifs is 1. The predicted octanol–water partition coefficient (Wildman–Crippen LogP) is 3.85. The van der Waals surface area contributed by atoms with Gasteiger partial charge in [0.15, 0.2) is 0 Å². The Hall–Kier alpha value is -2.99. The van der Waals surface area contributed by atoms with Gasteiger partial charge in [-0.15, -0.1) is 0 Å². The van der Waals surface area contributed by atoms with E-state index >= 15 is 0 Å². The van der Waals surface area contributed by atoms with E-state index in [1.54, 1.807) is 32.4 Å². The molecule has 0 spiro atoms. The summed E-state index contributed by atoms with van der Waals surface area (Å²) in [5.74, 6) is 1.64. The smallest absolute Gasteiger partial charge is 0.336 e. The lowest BCUT2D eigenvalue weighted by Gasteiger charge is -2.26.